The highest BCUT2D eigenvalue weighted by molar-refractivity contribution is 7.89. The van der Waals surface area contributed by atoms with E-state index in [4.69, 9.17) is 4.74 Å². The van der Waals surface area contributed by atoms with Gasteiger partial charge in [0.2, 0.25) is 10.0 Å². The zero-order valence-corrected chi connectivity index (χ0v) is 13.3. The molecule has 2 aliphatic rings. The second kappa shape index (κ2) is 5.97. The molecule has 21 heavy (non-hydrogen) atoms. The van der Waals surface area contributed by atoms with Crippen LogP contribution in [-0.4, -0.2) is 32.4 Å². The number of nitrogens with zero attached hydrogens (tertiary/aromatic N) is 1. The first-order valence-electron chi connectivity index (χ1n) is 7.79. The molecule has 1 aromatic rings. The summed E-state index contributed by atoms with van der Waals surface area (Å²) in [5.41, 5.74) is 0. The van der Waals surface area contributed by atoms with Gasteiger partial charge in [0.25, 0.3) is 0 Å². The molecule has 0 N–H and O–H groups in total. The van der Waals surface area contributed by atoms with Crippen LogP contribution in [0.5, 0.6) is 5.75 Å². The van der Waals surface area contributed by atoms with Crippen molar-refractivity contribution in [1.29, 1.82) is 0 Å². The molecular formula is C16H23NO3S. The summed E-state index contributed by atoms with van der Waals surface area (Å²) < 4.78 is 33.1. The molecule has 0 amide bonds. The molecule has 1 saturated heterocycles. The van der Waals surface area contributed by atoms with Gasteiger partial charge >= 0.3 is 0 Å². The molecule has 2 unspecified atom stereocenters. The third-order valence-electron chi connectivity index (χ3n) is 4.85. The lowest BCUT2D eigenvalue weighted by molar-refractivity contribution is 0.129. The molecule has 1 aliphatic heterocycles. The van der Waals surface area contributed by atoms with Gasteiger partial charge in [0, 0.05) is 12.6 Å². The van der Waals surface area contributed by atoms with E-state index in [1.54, 1.807) is 28.6 Å². The fourth-order valence-electron chi connectivity index (χ4n) is 3.84. The molecule has 0 radical (unpaired) electrons. The van der Waals surface area contributed by atoms with Crippen molar-refractivity contribution in [3.63, 3.8) is 0 Å². The summed E-state index contributed by atoms with van der Waals surface area (Å²) >= 11 is 0. The highest BCUT2D eigenvalue weighted by atomic mass is 32.2. The van der Waals surface area contributed by atoms with E-state index in [-0.39, 0.29) is 6.04 Å². The van der Waals surface area contributed by atoms with Crippen molar-refractivity contribution in [2.75, 3.05) is 13.7 Å². The standard InChI is InChI=1S/C16H23NO3S/c1-20-15-10-4-5-11-16(15)21(18,19)17-12-6-8-13-7-2-3-9-14(13)17/h4-5,10-11,13-14H,2-3,6-9,12H2,1H3. The van der Waals surface area contributed by atoms with E-state index in [2.05, 4.69) is 0 Å². The van der Waals surface area contributed by atoms with Crippen LogP contribution < -0.4 is 4.74 Å². The summed E-state index contributed by atoms with van der Waals surface area (Å²) in [7, 11) is -1.95. The van der Waals surface area contributed by atoms with E-state index in [9.17, 15) is 8.42 Å². The zero-order chi connectivity index (χ0) is 14.9. The van der Waals surface area contributed by atoms with E-state index in [1.165, 1.54) is 26.4 Å². The van der Waals surface area contributed by atoms with Gasteiger partial charge < -0.3 is 4.74 Å². The highest BCUT2D eigenvalue weighted by Crippen LogP contribution is 2.39. The smallest absolute Gasteiger partial charge is 0.247 e. The molecule has 0 spiro atoms. The number of rotatable bonds is 3. The van der Waals surface area contributed by atoms with Crippen LogP contribution in [0.2, 0.25) is 0 Å². The normalized spacial score (nSPS) is 27.1. The van der Waals surface area contributed by atoms with Gasteiger partial charge in [-0.05, 0) is 43.7 Å². The molecular weight excluding hydrogens is 286 g/mol. The van der Waals surface area contributed by atoms with Crippen molar-refractivity contribution >= 4 is 10.0 Å². The molecule has 2 atom stereocenters. The van der Waals surface area contributed by atoms with Gasteiger partial charge in [-0.2, -0.15) is 4.31 Å². The molecule has 1 heterocycles. The van der Waals surface area contributed by atoms with Crippen molar-refractivity contribution in [3.05, 3.63) is 24.3 Å². The Morgan fingerprint density at radius 2 is 1.81 bits per heavy atom. The van der Waals surface area contributed by atoms with Crippen molar-refractivity contribution in [2.45, 2.75) is 49.5 Å². The number of sulfonamides is 1. The molecule has 0 aromatic heterocycles. The average molecular weight is 309 g/mol. The molecule has 5 heteroatoms. The number of hydrogen-bond acceptors (Lipinski definition) is 3. The summed E-state index contributed by atoms with van der Waals surface area (Å²) in [5.74, 6) is 0.979. The topological polar surface area (TPSA) is 46.6 Å². The van der Waals surface area contributed by atoms with Crippen LogP contribution in [0.4, 0.5) is 0 Å². The Bertz CT molecular complexity index is 597. The molecule has 1 aliphatic carbocycles. The lowest BCUT2D eigenvalue weighted by atomic mass is 9.79. The van der Waals surface area contributed by atoms with Crippen molar-refractivity contribution in [3.8, 4) is 5.75 Å². The molecule has 0 bridgehead atoms. The first-order valence-corrected chi connectivity index (χ1v) is 9.23. The van der Waals surface area contributed by atoms with E-state index in [0.29, 0.717) is 23.1 Å². The second-order valence-corrected chi connectivity index (χ2v) is 7.88. The Kier molecular flexibility index (Phi) is 4.22. The number of para-hydroxylation sites is 1. The van der Waals surface area contributed by atoms with E-state index in [0.717, 1.165) is 19.3 Å². The maximum Gasteiger partial charge on any atom is 0.247 e. The van der Waals surface area contributed by atoms with Crippen LogP contribution in [-0.2, 0) is 10.0 Å². The molecule has 116 valence electrons. The van der Waals surface area contributed by atoms with Gasteiger partial charge in [-0.15, -0.1) is 0 Å². The number of hydrogen-bond donors (Lipinski definition) is 0. The third-order valence-corrected chi connectivity index (χ3v) is 6.81. The van der Waals surface area contributed by atoms with Crippen LogP contribution in [0.3, 0.4) is 0 Å². The van der Waals surface area contributed by atoms with Crippen LogP contribution in [0.25, 0.3) is 0 Å². The molecule has 3 rings (SSSR count). The largest absolute Gasteiger partial charge is 0.495 e. The summed E-state index contributed by atoms with van der Waals surface area (Å²) in [6.45, 7) is 0.640. The van der Waals surface area contributed by atoms with E-state index < -0.39 is 10.0 Å². The Morgan fingerprint density at radius 1 is 1.10 bits per heavy atom. The number of fused-ring (bicyclic) bond motifs is 1. The van der Waals surface area contributed by atoms with Gasteiger partial charge in [0.1, 0.15) is 10.6 Å². The van der Waals surface area contributed by atoms with Crippen molar-refractivity contribution in [1.82, 2.24) is 4.31 Å². The van der Waals surface area contributed by atoms with Crippen molar-refractivity contribution in [2.24, 2.45) is 5.92 Å². The molecule has 1 saturated carbocycles. The van der Waals surface area contributed by atoms with Gasteiger partial charge in [-0.3, -0.25) is 0 Å². The summed E-state index contributed by atoms with van der Waals surface area (Å²) in [5, 5.41) is 0. The van der Waals surface area contributed by atoms with Gasteiger partial charge in [-0.25, -0.2) is 8.42 Å². The number of piperidine rings is 1. The number of ether oxygens (including phenoxy) is 1. The molecule has 2 fully saturated rings. The molecule has 1 aromatic carbocycles. The SMILES string of the molecule is COc1ccccc1S(=O)(=O)N1CCCC2CCCCC21. The fraction of sp³-hybridized carbons (Fsp3) is 0.625. The van der Waals surface area contributed by atoms with Crippen molar-refractivity contribution < 1.29 is 13.2 Å². The fourth-order valence-corrected chi connectivity index (χ4v) is 5.75. The van der Waals surface area contributed by atoms with Gasteiger partial charge in [-0.1, -0.05) is 25.0 Å². The summed E-state index contributed by atoms with van der Waals surface area (Å²) in [6, 6.07) is 7.12. The van der Waals surface area contributed by atoms with E-state index in [1.807, 2.05) is 0 Å². The third kappa shape index (κ3) is 2.69. The Hall–Kier alpha value is -1.07. The minimum absolute atomic E-state index is 0.183. The zero-order valence-electron chi connectivity index (χ0n) is 12.5. The van der Waals surface area contributed by atoms with E-state index >= 15 is 0 Å². The second-order valence-electron chi connectivity index (χ2n) is 6.02. The number of methoxy groups -OCH3 is 1. The maximum absolute atomic E-state index is 13.1. The van der Waals surface area contributed by atoms with Crippen LogP contribution >= 0.6 is 0 Å². The lowest BCUT2D eigenvalue weighted by Gasteiger charge is -2.43. The Balaban J connectivity index is 1.96. The predicted molar refractivity (Wildman–Crippen MR) is 81.9 cm³/mol. The first-order chi connectivity index (χ1) is 10.1. The summed E-state index contributed by atoms with van der Waals surface area (Å²) in [6.07, 6.45) is 6.68. The summed E-state index contributed by atoms with van der Waals surface area (Å²) in [4.78, 5) is 0.304. The first kappa shape index (κ1) is 14.9. The quantitative estimate of drug-likeness (QED) is 0.862. The Labute approximate surface area is 127 Å². The lowest BCUT2D eigenvalue weighted by Crippen LogP contribution is -2.49. The van der Waals surface area contributed by atoms with Crippen LogP contribution in [0.15, 0.2) is 29.2 Å². The monoisotopic (exact) mass is 309 g/mol. The average Bonchev–Trinajstić information content (AvgIpc) is 2.54. The number of benzene rings is 1. The van der Waals surface area contributed by atoms with Gasteiger partial charge in [0.15, 0.2) is 0 Å². The predicted octanol–water partition coefficient (Wildman–Crippen LogP) is 3.04. The van der Waals surface area contributed by atoms with Crippen LogP contribution in [0, 0.1) is 5.92 Å². The maximum atomic E-state index is 13.1. The Morgan fingerprint density at radius 3 is 2.62 bits per heavy atom. The van der Waals surface area contributed by atoms with Gasteiger partial charge in [0.05, 0.1) is 7.11 Å². The highest BCUT2D eigenvalue weighted by Gasteiger charge is 2.40. The minimum atomic E-state index is -3.47. The van der Waals surface area contributed by atoms with Crippen LogP contribution in [0.1, 0.15) is 38.5 Å². The molecule has 4 nitrogen and oxygen atoms in total. The minimum Gasteiger partial charge on any atom is -0.495 e.